The Balaban J connectivity index is 1.84. The molecule has 0 unspecified atom stereocenters. The molecule has 0 radical (unpaired) electrons. The van der Waals surface area contributed by atoms with Gasteiger partial charge in [0, 0.05) is 24.3 Å². The largest absolute Gasteiger partial charge is 0.452 e. The van der Waals surface area contributed by atoms with E-state index >= 15 is 0 Å². The Hall–Kier alpha value is -2.34. The quantitative estimate of drug-likeness (QED) is 0.747. The first kappa shape index (κ1) is 19.0. The van der Waals surface area contributed by atoms with E-state index in [4.69, 9.17) is 4.74 Å². The lowest BCUT2D eigenvalue weighted by Crippen LogP contribution is -2.31. The van der Waals surface area contributed by atoms with Crippen molar-refractivity contribution in [2.75, 3.05) is 25.6 Å². The number of halogens is 1. The monoisotopic (exact) mass is 404 g/mol. The molecule has 2 rings (SSSR count). The van der Waals surface area contributed by atoms with Gasteiger partial charge in [0.1, 0.15) is 0 Å². The van der Waals surface area contributed by atoms with Crippen LogP contribution in [0.2, 0.25) is 0 Å². The number of nitrogens with zero attached hydrogens (tertiary/aromatic N) is 1. The number of benzene rings is 2. The molecule has 5 nitrogen and oxygen atoms in total. The van der Waals surface area contributed by atoms with Gasteiger partial charge in [0.15, 0.2) is 6.61 Å². The van der Waals surface area contributed by atoms with E-state index in [1.165, 1.54) is 0 Å². The zero-order chi connectivity index (χ0) is 18.4. The summed E-state index contributed by atoms with van der Waals surface area (Å²) in [5.74, 6) is -0.856. The van der Waals surface area contributed by atoms with Gasteiger partial charge < -0.3 is 15.0 Å². The van der Waals surface area contributed by atoms with Crippen molar-refractivity contribution in [1.82, 2.24) is 5.32 Å². The van der Waals surface area contributed by atoms with Crippen molar-refractivity contribution >= 4 is 33.5 Å². The molecule has 0 spiro atoms. The molecule has 25 heavy (non-hydrogen) atoms. The number of amides is 1. The number of ether oxygens (including phenoxy) is 1. The number of hydrogen-bond acceptors (Lipinski definition) is 4. The van der Waals surface area contributed by atoms with Crippen LogP contribution < -0.4 is 10.2 Å². The summed E-state index contributed by atoms with van der Waals surface area (Å²) in [6.07, 6.45) is 0. The van der Waals surface area contributed by atoms with Crippen molar-refractivity contribution in [3.63, 3.8) is 0 Å². The van der Waals surface area contributed by atoms with E-state index in [0.717, 1.165) is 15.7 Å². The van der Waals surface area contributed by atoms with Crippen molar-refractivity contribution in [2.45, 2.75) is 13.0 Å². The molecule has 0 bridgehead atoms. The number of esters is 1. The van der Waals surface area contributed by atoms with Crippen LogP contribution in [0, 0.1) is 0 Å². The van der Waals surface area contributed by atoms with Crippen LogP contribution in [-0.2, 0) is 9.53 Å². The zero-order valence-electron chi connectivity index (χ0n) is 14.5. The SMILES string of the molecule is C[C@H](NC(=O)COC(=O)c1ccc(N(C)C)cc1)c1ccc(Br)cc1. The van der Waals surface area contributed by atoms with Gasteiger partial charge in [-0.2, -0.15) is 0 Å². The molecule has 0 aromatic heterocycles. The Morgan fingerprint density at radius 3 is 2.24 bits per heavy atom. The average molecular weight is 405 g/mol. The van der Waals surface area contributed by atoms with Gasteiger partial charge >= 0.3 is 5.97 Å². The number of carbonyl (C=O) groups is 2. The molecule has 0 aliphatic heterocycles. The Bertz CT molecular complexity index is 727. The first-order valence-corrected chi connectivity index (χ1v) is 8.65. The molecular weight excluding hydrogens is 384 g/mol. The van der Waals surface area contributed by atoms with Crippen LogP contribution in [0.25, 0.3) is 0 Å². The molecule has 0 heterocycles. The second-order valence-electron chi connectivity index (χ2n) is 5.86. The van der Waals surface area contributed by atoms with Gasteiger partial charge in [0.05, 0.1) is 11.6 Å². The summed E-state index contributed by atoms with van der Waals surface area (Å²) in [6.45, 7) is 1.57. The number of carbonyl (C=O) groups excluding carboxylic acids is 2. The van der Waals surface area contributed by atoms with E-state index in [0.29, 0.717) is 5.56 Å². The molecule has 0 fully saturated rings. The highest BCUT2D eigenvalue weighted by molar-refractivity contribution is 9.10. The van der Waals surface area contributed by atoms with Crippen molar-refractivity contribution in [3.05, 3.63) is 64.1 Å². The second kappa shape index (κ2) is 8.67. The third kappa shape index (κ3) is 5.60. The molecule has 1 amide bonds. The molecule has 0 saturated carbocycles. The normalized spacial score (nSPS) is 11.5. The molecule has 6 heteroatoms. The number of anilines is 1. The van der Waals surface area contributed by atoms with E-state index in [1.54, 1.807) is 12.1 Å². The van der Waals surface area contributed by atoms with Crippen molar-refractivity contribution in [3.8, 4) is 0 Å². The Kier molecular flexibility index (Phi) is 6.58. The predicted molar refractivity (Wildman–Crippen MR) is 102 cm³/mol. The summed E-state index contributed by atoms with van der Waals surface area (Å²) in [7, 11) is 3.84. The first-order valence-electron chi connectivity index (χ1n) is 7.86. The molecule has 0 saturated heterocycles. The summed E-state index contributed by atoms with van der Waals surface area (Å²) in [5, 5.41) is 2.81. The van der Waals surface area contributed by atoms with Crippen LogP contribution in [0.4, 0.5) is 5.69 Å². The molecule has 1 atom stereocenters. The van der Waals surface area contributed by atoms with Crippen LogP contribution in [-0.4, -0.2) is 32.6 Å². The molecule has 1 N–H and O–H groups in total. The zero-order valence-corrected chi connectivity index (χ0v) is 16.0. The van der Waals surface area contributed by atoms with E-state index in [-0.39, 0.29) is 18.6 Å². The molecular formula is C19H21BrN2O3. The maximum Gasteiger partial charge on any atom is 0.338 e. The van der Waals surface area contributed by atoms with Crippen molar-refractivity contribution < 1.29 is 14.3 Å². The highest BCUT2D eigenvalue weighted by atomic mass is 79.9. The lowest BCUT2D eigenvalue weighted by Gasteiger charge is -2.15. The van der Waals surface area contributed by atoms with Crippen LogP contribution in [0.15, 0.2) is 53.0 Å². The van der Waals surface area contributed by atoms with Gasteiger partial charge in [-0.25, -0.2) is 4.79 Å². The molecule has 2 aromatic rings. The summed E-state index contributed by atoms with van der Waals surface area (Å²) < 4.78 is 6.05. The van der Waals surface area contributed by atoms with Crippen LogP contribution >= 0.6 is 15.9 Å². The number of nitrogens with one attached hydrogen (secondary N) is 1. The Morgan fingerprint density at radius 1 is 1.08 bits per heavy atom. The lowest BCUT2D eigenvalue weighted by atomic mass is 10.1. The minimum absolute atomic E-state index is 0.168. The maximum absolute atomic E-state index is 12.0. The highest BCUT2D eigenvalue weighted by Gasteiger charge is 2.13. The average Bonchev–Trinajstić information content (AvgIpc) is 2.60. The standard InChI is InChI=1S/C19H21BrN2O3/c1-13(14-4-8-16(20)9-5-14)21-18(23)12-25-19(24)15-6-10-17(11-7-15)22(2)3/h4-11,13H,12H2,1-3H3,(H,21,23)/t13-/m0/s1. The highest BCUT2D eigenvalue weighted by Crippen LogP contribution is 2.16. The summed E-state index contributed by atoms with van der Waals surface area (Å²) >= 11 is 3.37. The Morgan fingerprint density at radius 2 is 1.68 bits per heavy atom. The molecule has 0 aliphatic carbocycles. The smallest absolute Gasteiger partial charge is 0.338 e. The van der Waals surface area contributed by atoms with E-state index in [9.17, 15) is 9.59 Å². The van der Waals surface area contributed by atoms with Crippen LogP contribution in [0.1, 0.15) is 28.9 Å². The van der Waals surface area contributed by atoms with Gasteiger partial charge in [-0.05, 0) is 48.9 Å². The number of hydrogen-bond donors (Lipinski definition) is 1. The van der Waals surface area contributed by atoms with Crippen LogP contribution in [0.3, 0.4) is 0 Å². The topological polar surface area (TPSA) is 58.6 Å². The maximum atomic E-state index is 12.0. The Labute approximate surface area is 156 Å². The lowest BCUT2D eigenvalue weighted by molar-refractivity contribution is -0.124. The van der Waals surface area contributed by atoms with Gasteiger partial charge in [0.25, 0.3) is 5.91 Å². The van der Waals surface area contributed by atoms with Gasteiger partial charge in [-0.1, -0.05) is 28.1 Å². The number of rotatable bonds is 6. The van der Waals surface area contributed by atoms with E-state index in [2.05, 4.69) is 21.2 Å². The van der Waals surface area contributed by atoms with Crippen LogP contribution in [0.5, 0.6) is 0 Å². The third-order valence-electron chi connectivity index (χ3n) is 3.70. The molecule has 2 aromatic carbocycles. The van der Waals surface area contributed by atoms with Crippen molar-refractivity contribution in [1.29, 1.82) is 0 Å². The fourth-order valence-corrected chi connectivity index (χ4v) is 2.49. The minimum atomic E-state index is -0.517. The van der Waals surface area contributed by atoms with Crippen molar-refractivity contribution in [2.24, 2.45) is 0 Å². The summed E-state index contributed by atoms with van der Waals surface area (Å²) in [6, 6.07) is 14.5. The molecule has 132 valence electrons. The van der Waals surface area contributed by atoms with Gasteiger partial charge in [0.2, 0.25) is 0 Å². The fourth-order valence-electron chi connectivity index (χ4n) is 2.23. The van der Waals surface area contributed by atoms with E-state index < -0.39 is 5.97 Å². The van der Waals surface area contributed by atoms with E-state index in [1.807, 2.05) is 62.3 Å². The third-order valence-corrected chi connectivity index (χ3v) is 4.23. The van der Waals surface area contributed by atoms with Gasteiger partial charge in [-0.3, -0.25) is 4.79 Å². The molecule has 0 aliphatic rings. The second-order valence-corrected chi connectivity index (χ2v) is 6.77. The first-order chi connectivity index (χ1) is 11.9. The predicted octanol–water partition coefficient (Wildman–Crippen LogP) is 3.55. The minimum Gasteiger partial charge on any atom is -0.452 e. The summed E-state index contributed by atoms with van der Waals surface area (Å²) in [4.78, 5) is 25.9. The van der Waals surface area contributed by atoms with Gasteiger partial charge in [-0.15, -0.1) is 0 Å². The fraction of sp³-hybridized carbons (Fsp3) is 0.263. The summed E-state index contributed by atoms with van der Waals surface area (Å²) in [5.41, 5.74) is 2.37.